The van der Waals surface area contributed by atoms with Gasteiger partial charge in [0.1, 0.15) is 0 Å². The van der Waals surface area contributed by atoms with Gasteiger partial charge in [0.2, 0.25) is 0 Å². The second-order valence-corrected chi connectivity index (χ2v) is 4.56. The second-order valence-electron chi connectivity index (χ2n) is 4.56. The molecule has 1 aliphatic carbocycles. The molecule has 0 radical (unpaired) electrons. The Hall–Kier alpha value is -0.830. The lowest BCUT2D eigenvalue weighted by Gasteiger charge is -2.19. The van der Waals surface area contributed by atoms with Crippen molar-refractivity contribution in [2.24, 2.45) is 12.8 Å². The fraction of sp³-hybridized carbons (Fsp3) is 0.750. The van der Waals surface area contributed by atoms with Crippen molar-refractivity contribution in [2.75, 3.05) is 6.54 Å². The van der Waals surface area contributed by atoms with Crippen LogP contribution < -0.4 is 5.73 Å². The van der Waals surface area contributed by atoms with Crippen molar-refractivity contribution in [3.8, 4) is 0 Å². The first kappa shape index (κ1) is 10.7. The van der Waals surface area contributed by atoms with Gasteiger partial charge in [0.25, 0.3) is 0 Å². The van der Waals surface area contributed by atoms with Crippen molar-refractivity contribution >= 4 is 0 Å². The van der Waals surface area contributed by atoms with E-state index in [1.165, 1.54) is 43.5 Å². The van der Waals surface area contributed by atoms with Crippen LogP contribution >= 0.6 is 0 Å². The summed E-state index contributed by atoms with van der Waals surface area (Å²) in [6.07, 6.45) is 7.72. The SMILES string of the molecule is Cn1nc(C2CCCCC2)cc1CCN. The van der Waals surface area contributed by atoms with Gasteiger partial charge < -0.3 is 5.73 Å². The molecular weight excluding hydrogens is 186 g/mol. The minimum Gasteiger partial charge on any atom is -0.330 e. The molecule has 3 nitrogen and oxygen atoms in total. The number of nitrogens with two attached hydrogens (primary N) is 1. The number of aromatic nitrogens is 2. The van der Waals surface area contributed by atoms with Gasteiger partial charge >= 0.3 is 0 Å². The Morgan fingerprint density at radius 2 is 2.13 bits per heavy atom. The number of hydrogen-bond acceptors (Lipinski definition) is 2. The Morgan fingerprint density at radius 1 is 1.40 bits per heavy atom. The molecule has 0 aliphatic heterocycles. The van der Waals surface area contributed by atoms with Gasteiger partial charge in [-0.3, -0.25) is 4.68 Å². The molecule has 2 rings (SSSR count). The maximum atomic E-state index is 5.58. The van der Waals surface area contributed by atoms with Crippen LogP contribution in [0.2, 0.25) is 0 Å². The highest BCUT2D eigenvalue weighted by molar-refractivity contribution is 5.15. The van der Waals surface area contributed by atoms with Crippen LogP contribution in [0.1, 0.15) is 49.4 Å². The molecule has 1 heterocycles. The van der Waals surface area contributed by atoms with E-state index in [0.29, 0.717) is 12.5 Å². The molecule has 0 aromatic carbocycles. The molecule has 1 aliphatic rings. The molecule has 84 valence electrons. The van der Waals surface area contributed by atoms with Crippen molar-refractivity contribution in [1.29, 1.82) is 0 Å². The van der Waals surface area contributed by atoms with Gasteiger partial charge in [-0.15, -0.1) is 0 Å². The Morgan fingerprint density at radius 3 is 2.80 bits per heavy atom. The number of nitrogens with zero attached hydrogens (tertiary/aromatic N) is 2. The molecule has 0 unspecified atom stereocenters. The Kier molecular flexibility index (Phi) is 3.41. The van der Waals surface area contributed by atoms with E-state index in [1.807, 2.05) is 11.7 Å². The highest BCUT2D eigenvalue weighted by Crippen LogP contribution is 2.31. The first-order chi connectivity index (χ1) is 7.31. The number of aryl methyl sites for hydroxylation is 1. The van der Waals surface area contributed by atoms with E-state index in [9.17, 15) is 0 Å². The van der Waals surface area contributed by atoms with Crippen molar-refractivity contribution in [3.63, 3.8) is 0 Å². The van der Waals surface area contributed by atoms with Gasteiger partial charge in [-0.2, -0.15) is 5.10 Å². The van der Waals surface area contributed by atoms with Crippen LogP contribution in [0.4, 0.5) is 0 Å². The van der Waals surface area contributed by atoms with Crippen molar-refractivity contribution in [3.05, 3.63) is 17.5 Å². The van der Waals surface area contributed by atoms with Crippen LogP contribution in [0.5, 0.6) is 0 Å². The highest BCUT2D eigenvalue weighted by atomic mass is 15.3. The summed E-state index contributed by atoms with van der Waals surface area (Å²) in [5, 5.41) is 4.61. The van der Waals surface area contributed by atoms with Crippen molar-refractivity contribution in [2.45, 2.75) is 44.4 Å². The molecule has 3 heteroatoms. The fourth-order valence-corrected chi connectivity index (χ4v) is 2.51. The predicted octanol–water partition coefficient (Wildman–Crippen LogP) is 1.97. The molecule has 15 heavy (non-hydrogen) atoms. The quantitative estimate of drug-likeness (QED) is 0.823. The summed E-state index contributed by atoms with van der Waals surface area (Å²) >= 11 is 0. The lowest BCUT2D eigenvalue weighted by atomic mass is 9.87. The first-order valence-corrected chi connectivity index (χ1v) is 6.04. The van der Waals surface area contributed by atoms with Crippen LogP contribution in [-0.4, -0.2) is 16.3 Å². The molecule has 0 amide bonds. The summed E-state index contributed by atoms with van der Waals surface area (Å²) in [7, 11) is 2.03. The van der Waals surface area contributed by atoms with Gasteiger partial charge in [0.05, 0.1) is 5.69 Å². The van der Waals surface area contributed by atoms with Gasteiger partial charge in [-0.1, -0.05) is 19.3 Å². The number of hydrogen-bond donors (Lipinski definition) is 1. The molecule has 2 N–H and O–H groups in total. The van der Waals surface area contributed by atoms with Gasteiger partial charge in [0, 0.05) is 25.1 Å². The summed E-state index contributed by atoms with van der Waals surface area (Å²) in [6.45, 7) is 0.712. The van der Waals surface area contributed by atoms with E-state index in [2.05, 4.69) is 11.2 Å². The van der Waals surface area contributed by atoms with E-state index in [4.69, 9.17) is 5.73 Å². The maximum absolute atomic E-state index is 5.58. The van der Waals surface area contributed by atoms with Gasteiger partial charge in [-0.05, 0) is 25.5 Å². The molecule has 0 saturated heterocycles. The standard InChI is InChI=1S/C12H21N3/c1-15-11(7-8-13)9-12(14-15)10-5-3-2-4-6-10/h9-10H,2-8,13H2,1H3. The average Bonchev–Trinajstić information content (AvgIpc) is 2.63. The zero-order valence-electron chi connectivity index (χ0n) is 9.58. The van der Waals surface area contributed by atoms with Gasteiger partial charge in [0.15, 0.2) is 0 Å². The van der Waals surface area contributed by atoms with Gasteiger partial charge in [-0.25, -0.2) is 0 Å². The zero-order chi connectivity index (χ0) is 10.7. The highest BCUT2D eigenvalue weighted by Gasteiger charge is 2.18. The molecular formula is C12H21N3. The fourth-order valence-electron chi connectivity index (χ4n) is 2.51. The average molecular weight is 207 g/mol. The van der Waals surface area contributed by atoms with Crippen molar-refractivity contribution in [1.82, 2.24) is 9.78 Å². The minimum absolute atomic E-state index is 0.705. The van der Waals surface area contributed by atoms with Crippen LogP contribution in [0.15, 0.2) is 6.07 Å². The molecule has 1 fully saturated rings. The third kappa shape index (κ3) is 2.40. The molecule has 1 aromatic heterocycles. The van der Waals surface area contributed by atoms with Crippen LogP contribution in [0.25, 0.3) is 0 Å². The van der Waals surface area contributed by atoms with E-state index < -0.39 is 0 Å². The molecule has 1 saturated carbocycles. The summed E-state index contributed by atoms with van der Waals surface area (Å²) in [5.41, 5.74) is 8.14. The largest absolute Gasteiger partial charge is 0.330 e. The Balaban J connectivity index is 2.10. The summed E-state index contributed by atoms with van der Waals surface area (Å²) in [4.78, 5) is 0. The monoisotopic (exact) mass is 207 g/mol. The van der Waals surface area contributed by atoms with Crippen LogP contribution in [0.3, 0.4) is 0 Å². The van der Waals surface area contributed by atoms with Crippen LogP contribution in [-0.2, 0) is 13.5 Å². The van der Waals surface area contributed by atoms with Crippen molar-refractivity contribution < 1.29 is 0 Å². The smallest absolute Gasteiger partial charge is 0.0658 e. The Bertz CT molecular complexity index is 311. The van der Waals surface area contributed by atoms with E-state index >= 15 is 0 Å². The summed E-state index contributed by atoms with van der Waals surface area (Å²) in [6, 6.07) is 2.25. The maximum Gasteiger partial charge on any atom is 0.0658 e. The molecule has 1 aromatic rings. The summed E-state index contributed by atoms with van der Waals surface area (Å²) in [5.74, 6) is 0.705. The first-order valence-electron chi connectivity index (χ1n) is 6.04. The Labute approximate surface area is 91.7 Å². The molecule has 0 bridgehead atoms. The van der Waals surface area contributed by atoms with E-state index in [-0.39, 0.29) is 0 Å². The van der Waals surface area contributed by atoms with E-state index in [0.717, 1.165) is 6.42 Å². The third-order valence-corrected chi connectivity index (χ3v) is 3.42. The lowest BCUT2D eigenvalue weighted by Crippen LogP contribution is -2.07. The van der Waals surface area contributed by atoms with E-state index in [1.54, 1.807) is 0 Å². The minimum atomic E-state index is 0.705. The zero-order valence-corrected chi connectivity index (χ0v) is 9.58. The topological polar surface area (TPSA) is 43.8 Å². The lowest BCUT2D eigenvalue weighted by molar-refractivity contribution is 0.433. The predicted molar refractivity (Wildman–Crippen MR) is 61.8 cm³/mol. The second kappa shape index (κ2) is 4.79. The molecule has 0 atom stereocenters. The third-order valence-electron chi connectivity index (χ3n) is 3.42. The normalized spacial score (nSPS) is 18.3. The summed E-state index contributed by atoms with van der Waals surface area (Å²) < 4.78 is 2.00. The molecule has 0 spiro atoms. The van der Waals surface area contributed by atoms with Crippen LogP contribution in [0, 0.1) is 0 Å². The number of rotatable bonds is 3.